The summed E-state index contributed by atoms with van der Waals surface area (Å²) in [4.78, 5) is 0. The molecule has 0 aromatic heterocycles. The van der Waals surface area contributed by atoms with Crippen LogP contribution in [0.15, 0.2) is 47.6 Å². The zero-order valence-corrected chi connectivity index (χ0v) is 14.2. The molecule has 0 aliphatic heterocycles. The van der Waals surface area contributed by atoms with Gasteiger partial charge in [0.1, 0.15) is 0 Å². The zero-order chi connectivity index (χ0) is 16.1. The second-order valence-electron chi connectivity index (χ2n) is 5.40. The molecule has 3 nitrogen and oxygen atoms in total. The number of anilines is 1. The third-order valence-corrected chi connectivity index (χ3v) is 3.71. The van der Waals surface area contributed by atoms with Crippen molar-refractivity contribution in [3.63, 3.8) is 0 Å². The van der Waals surface area contributed by atoms with Crippen LogP contribution in [0.5, 0.6) is 0 Å². The van der Waals surface area contributed by atoms with Crippen LogP contribution in [0.2, 0.25) is 0 Å². The van der Waals surface area contributed by atoms with Gasteiger partial charge in [-0.3, -0.25) is 5.43 Å². The lowest BCUT2D eigenvalue weighted by Crippen LogP contribution is -2.25. The number of benzene rings is 2. The molecule has 22 heavy (non-hydrogen) atoms. The molecule has 0 radical (unpaired) electrons. The normalized spacial score (nSPS) is 11.2. The molecule has 0 amide bonds. The smallest absolute Gasteiger partial charge is 0.191 e. The predicted molar refractivity (Wildman–Crippen MR) is 98.7 cm³/mol. The Balaban J connectivity index is 2.03. The first-order valence-corrected chi connectivity index (χ1v) is 7.62. The van der Waals surface area contributed by atoms with Crippen LogP contribution in [0.4, 0.5) is 5.69 Å². The Morgan fingerprint density at radius 2 is 1.55 bits per heavy atom. The van der Waals surface area contributed by atoms with E-state index in [1.54, 1.807) is 0 Å². The SMILES string of the molecule is C/C(=N\NC(=S)Nc1c(C)cccc1C)c1ccc(C)cc1. The predicted octanol–water partition coefficient (Wildman–Crippen LogP) is 4.32. The highest BCUT2D eigenvalue weighted by Crippen LogP contribution is 2.19. The van der Waals surface area contributed by atoms with Crippen LogP contribution < -0.4 is 10.7 Å². The van der Waals surface area contributed by atoms with Gasteiger partial charge in [0.15, 0.2) is 5.11 Å². The Kier molecular flexibility index (Phi) is 5.28. The van der Waals surface area contributed by atoms with E-state index >= 15 is 0 Å². The average Bonchev–Trinajstić information content (AvgIpc) is 2.49. The largest absolute Gasteiger partial charge is 0.331 e. The summed E-state index contributed by atoms with van der Waals surface area (Å²) in [7, 11) is 0. The fraction of sp³-hybridized carbons (Fsp3) is 0.222. The number of hydrogen-bond acceptors (Lipinski definition) is 2. The Morgan fingerprint density at radius 1 is 0.955 bits per heavy atom. The Labute approximate surface area is 137 Å². The maximum absolute atomic E-state index is 5.32. The van der Waals surface area contributed by atoms with E-state index in [1.807, 2.05) is 13.0 Å². The minimum Gasteiger partial charge on any atom is -0.331 e. The van der Waals surface area contributed by atoms with Crippen molar-refractivity contribution >= 4 is 28.7 Å². The number of hydrogen-bond donors (Lipinski definition) is 2. The first kappa shape index (κ1) is 16.2. The molecule has 0 spiro atoms. The minimum atomic E-state index is 0.490. The molecule has 2 rings (SSSR count). The van der Waals surface area contributed by atoms with Crippen LogP contribution in [0.25, 0.3) is 0 Å². The highest BCUT2D eigenvalue weighted by Gasteiger charge is 2.04. The van der Waals surface area contributed by atoms with Crippen molar-refractivity contribution in [2.75, 3.05) is 5.32 Å². The lowest BCUT2D eigenvalue weighted by Gasteiger charge is -2.13. The molecule has 4 heteroatoms. The zero-order valence-electron chi connectivity index (χ0n) is 13.4. The molecule has 114 valence electrons. The first-order chi connectivity index (χ1) is 10.5. The van der Waals surface area contributed by atoms with E-state index in [-0.39, 0.29) is 0 Å². The van der Waals surface area contributed by atoms with Gasteiger partial charge in [-0.2, -0.15) is 5.10 Å². The topological polar surface area (TPSA) is 36.4 Å². The summed E-state index contributed by atoms with van der Waals surface area (Å²) < 4.78 is 0. The van der Waals surface area contributed by atoms with Gasteiger partial charge in [-0.1, -0.05) is 48.0 Å². The van der Waals surface area contributed by atoms with Gasteiger partial charge in [0.05, 0.1) is 5.71 Å². The summed E-state index contributed by atoms with van der Waals surface area (Å²) in [5, 5.41) is 8.04. The van der Waals surface area contributed by atoms with Crippen LogP contribution in [-0.4, -0.2) is 10.8 Å². The van der Waals surface area contributed by atoms with E-state index in [2.05, 4.69) is 73.0 Å². The van der Waals surface area contributed by atoms with Crippen LogP contribution in [0.3, 0.4) is 0 Å². The summed E-state index contributed by atoms with van der Waals surface area (Å²) >= 11 is 5.32. The third kappa shape index (κ3) is 4.15. The molecule has 2 aromatic carbocycles. The molecule has 0 unspecified atom stereocenters. The number of nitrogens with one attached hydrogen (secondary N) is 2. The lowest BCUT2D eigenvalue weighted by molar-refractivity contribution is 1.04. The number of para-hydroxylation sites is 1. The minimum absolute atomic E-state index is 0.490. The van der Waals surface area contributed by atoms with E-state index in [1.165, 1.54) is 5.56 Å². The molecule has 0 saturated carbocycles. The molecular formula is C18H21N3S. The van der Waals surface area contributed by atoms with E-state index in [0.29, 0.717) is 5.11 Å². The summed E-state index contributed by atoms with van der Waals surface area (Å²) in [6.45, 7) is 8.13. The van der Waals surface area contributed by atoms with Crippen molar-refractivity contribution in [2.45, 2.75) is 27.7 Å². The summed E-state index contributed by atoms with van der Waals surface area (Å²) in [5.74, 6) is 0. The van der Waals surface area contributed by atoms with Gasteiger partial charge in [0, 0.05) is 5.69 Å². The fourth-order valence-electron chi connectivity index (χ4n) is 2.15. The molecule has 2 N–H and O–H groups in total. The van der Waals surface area contributed by atoms with Crippen LogP contribution in [-0.2, 0) is 0 Å². The van der Waals surface area contributed by atoms with Crippen molar-refractivity contribution in [3.8, 4) is 0 Å². The van der Waals surface area contributed by atoms with Crippen molar-refractivity contribution in [3.05, 3.63) is 64.7 Å². The molecule has 0 aliphatic rings. The average molecular weight is 311 g/mol. The van der Waals surface area contributed by atoms with Crippen LogP contribution in [0.1, 0.15) is 29.2 Å². The lowest BCUT2D eigenvalue weighted by atomic mass is 10.1. The molecule has 0 heterocycles. The van der Waals surface area contributed by atoms with Crippen molar-refractivity contribution in [2.24, 2.45) is 5.10 Å². The quantitative estimate of drug-likeness (QED) is 0.503. The Morgan fingerprint density at radius 3 is 2.14 bits per heavy atom. The van der Waals surface area contributed by atoms with Gasteiger partial charge in [-0.05, 0) is 56.6 Å². The Bertz CT molecular complexity index is 683. The van der Waals surface area contributed by atoms with E-state index in [0.717, 1.165) is 28.1 Å². The number of aryl methyl sites for hydroxylation is 3. The van der Waals surface area contributed by atoms with Gasteiger partial charge < -0.3 is 5.32 Å². The van der Waals surface area contributed by atoms with Gasteiger partial charge in [0.25, 0.3) is 0 Å². The van der Waals surface area contributed by atoms with Gasteiger partial charge in [-0.25, -0.2) is 0 Å². The maximum Gasteiger partial charge on any atom is 0.191 e. The van der Waals surface area contributed by atoms with Crippen molar-refractivity contribution in [1.29, 1.82) is 0 Å². The number of nitrogens with zero attached hydrogens (tertiary/aromatic N) is 1. The standard InChI is InChI=1S/C18H21N3S/c1-12-8-10-16(11-9-12)15(4)20-21-18(22)19-17-13(2)6-5-7-14(17)3/h5-11H,1-4H3,(H2,19,21,22)/b20-15+. The van der Waals surface area contributed by atoms with Gasteiger partial charge >= 0.3 is 0 Å². The molecule has 0 aliphatic carbocycles. The third-order valence-electron chi connectivity index (χ3n) is 3.51. The number of thiocarbonyl (C=S) groups is 1. The van der Waals surface area contributed by atoms with E-state index in [9.17, 15) is 0 Å². The highest BCUT2D eigenvalue weighted by molar-refractivity contribution is 7.80. The molecule has 0 atom stereocenters. The molecule has 2 aromatic rings. The molecule has 0 fully saturated rings. The van der Waals surface area contributed by atoms with Gasteiger partial charge in [0.2, 0.25) is 0 Å². The molecular weight excluding hydrogens is 290 g/mol. The molecule has 0 bridgehead atoms. The van der Waals surface area contributed by atoms with Crippen molar-refractivity contribution < 1.29 is 0 Å². The summed E-state index contributed by atoms with van der Waals surface area (Å²) in [5.41, 5.74) is 9.45. The fourth-order valence-corrected chi connectivity index (χ4v) is 2.29. The second kappa shape index (κ2) is 7.18. The first-order valence-electron chi connectivity index (χ1n) is 7.22. The number of rotatable bonds is 3. The monoisotopic (exact) mass is 311 g/mol. The van der Waals surface area contributed by atoms with Gasteiger partial charge in [-0.15, -0.1) is 0 Å². The summed E-state index contributed by atoms with van der Waals surface area (Å²) in [6.07, 6.45) is 0. The van der Waals surface area contributed by atoms with Crippen molar-refractivity contribution in [1.82, 2.24) is 5.43 Å². The van der Waals surface area contributed by atoms with Crippen LogP contribution >= 0.6 is 12.2 Å². The summed E-state index contributed by atoms with van der Waals surface area (Å²) in [6, 6.07) is 14.4. The highest BCUT2D eigenvalue weighted by atomic mass is 32.1. The number of hydrazone groups is 1. The molecule has 0 saturated heterocycles. The maximum atomic E-state index is 5.32. The van der Waals surface area contributed by atoms with E-state index < -0.39 is 0 Å². The van der Waals surface area contributed by atoms with Crippen LogP contribution in [0, 0.1) is 20.8 Å². The Hall–Kier alpha value is -2.20. The van der Waals surface area contributed by atoms with E-state index in [4.69, 9.17) is 12.2 Å². The second-order valence-corrected chi connectivity index (χ2v) is 5.80.